The Balaban J connectivity index is 1.77. The van der Waals surface area contributed by atoms with E-state index in [4.69, 9.17) is 4.42 Å². The van der Waals surface area contributed by atoms with Crippen LogP contribution in [-0.4, -0.2) is 17.6 Å². The summed E-state index contributed by atoms with van der Waals surface area (Å²) in [4.78, 5) is 24.9. The third-order valence-electron chi connectivity index (χ3n) is 3.42. The lowest BCUT2D eigenvalue weighted by Gasteiger charge is -2.13. The Kier molecular flexibility index (Phi) is 4.20. The highest BCUT2D eigenvalue weighted by atomic mass is 32.2. The van der Waals surface area contributed by atoms with Gasteiger partial charge in [0.05, 0.1) is 18.0 Å². The van der Waals surface area contributed by atoms with E-state index in [-0.39, 0.29) is 17.9 Å². The predicted octanol–water partition coefficient (Wildman–Crippen LogP) is 3.20. The molecule has 2 heterocycles. The summed E-state index contributed by atoms with van der Waals surface area (Å²) in [7, 11) is 0. The summed E-state index contributed by atoms with van der Waals surface area (Å²) in [5.41, 5.74) is 1.21. The molecule has 0 bridgehead atoms. The quantitative estimate of drug-likeness (QED) is 0.912. The van der Waals surface area contributed by atoms with Gasteiger partial charge in [-0.15, -0.1) is 11.8 Å². The van der Waals surface area contributed by atoms with Gasteiger partial charge in [-0.05, 0) is 37.3 Å². The fourth-order valence-corrected chi connectivity index (χ4v) is 3.19. The van der Waals surface area contributed by atoms with Crippen LogP contribution >= 0.6 is 11.8 Å². The highest BCUT2D eigenvalue weighted by molar-refractivity contribution is 7.99. The highest BCUT2D eigenvalue weighted by Gasteiger charge is 2.17. The van der Waals surface area contributed by atoms with Crippen LogP contribution in [-0.2, 0) is 4.79 Å². The minimum Gasteiger partial charge on any atom is -0.467 e. The number of thioether (sulfide) groups is 1. The van der Waals surface area contributed by atoms with Crippen molar-refractivity contribution in [2.24, 2.45) is 0 Å². The van der Waals surface area contributed by atoms with Crippen molar-refractivity contribution < 1.29 is 14.0 Å². The third kappa shape index (κ3) is 3.17. The first-order valence-electron chi connectivity index (χ1n) is 7.04. The van der Waals surface area contributed by atoms with Crippen molar-refractivity contribution in [3.63, 3.8) is 0 Å². The van der Waals surface area contributed by atoms with Crippen LogP contribution in [0.1, 0.15) is 35.5 Å². The summed E-state index contributed by atoms with van der Waals surface area (Å²) in [6, 6.07) is 8.75. The summed E-state index contributed by atoms with van der Waals surface area (Å²) in [6.45, 7) is 1.86. The largest absolute Gasteiger partial charge is 0.467 e. The number of carbonyl (C=O) groups is 2. The maximum atomic E-state index is 12.3. The van der Waals surface area contributed by atoms with Crippen LogP contribution in [0.4, 0.5) is 5.69 Å². The summed E-state index contributed by atoms with van der Waals surface area (Å²) < 4.78 is 5.28. The number of anilines is 1. The average molecular weight is 316 g/mol. The molecule has 2 aromatic rings. The second-order valence-electron chi connectivity index (χ2n) is 5.07. The molecule has 5 nitrogen and oxygen atoms in total. The molecule has 1 aliphatic heterocycles. The normalized spacial score (nSPS) is 15.4. The van der Waals surface area contributed by atoms with Gasteiger partial charge in [0.2, 0.25) is 5.91 Å². The van der Waals surface area contributed by atoms with Crippen LogP contribution in [0.25, 0.3) is 0 Å². The molecule has 6 heteroatoms. The van der Waals surface area contributed by atoms with Gasteiger partial charge in [0.15, 0.2) is 0 Å². The van der Waals surface area contributed by atoms with Crippen molar-refractivity contribution in [3.8, 4) is 0 Å². The number of furan rings is 1. The molecule has 22 heavy (non-hydrogen) atoms. The number of fused-ring (bicyclic) bond motifs is 1. The van der Waals surface area contributed by atoms with E-state index < -0.39 is 0 Å². The lowest BCUT2D eigenvalue weighted by atomic mass is 10.1. The Morgan fingerprint density at radius 3 is 3.05 bits per heavy atom. The SMILES string of the molecule is C[C@H](NC(=O)c1ccc2c(c1)NC(=O)CCS2)c1ccco1. The Labute approximate surface area is 132 Å². The second-order valence-corrected chi connectivity index (χ2v) is 6.20. The molecule has 1 aliphatic rings. The van der Waals surface area contributed by atoms with Gasteiger partial charge in [-0.3, -0.25) is 9.59 Å². The highest BCUT2D eigenvalue weighted by Crippen LogP contribution is 2.31. The summed E-state index contributed by atoms with van der Waals surface area (Å²) in [5, 5.41) is 5.72. The molecule has 0 saturated carbocycles. The van der Waals surface area contributed by atoms with E-state index in [9.17, 15) is 9.59 Å². The van der Waals surface area contributed by atoms with Gasteiger partial charge in [0.25, 0.3) is 5.91 Å². The number of rotatable bonds is 3. The number of nitrogens with one attached hydrogen (secondary N) is 2. The topological polar surface area (TPSA) is 71.3 Å². The molecule has 2 N–H and O–H groups in total. The molecule has 0 unspecified atom stereocenters. The maximum absolute atomic E-state index is 12.3. The second kappa shape index (κ2) is 6.27. The molecular formula is C16H16N2O3S. The van der Waals surface area contributed by atoms with E-state index in [2.05, 4.69) is 10.6 Å². The van der Waals surface area contributed by atoms with Gasteiger partial charge in [-0.25, -0.2) is 0 Å². The lowest BCUT2D eigenvalue weighted by molar-refractivity contribution is -0.115. The summed E-state index contributed by atoms with van der Waals surface area (Å²) in [6.07, 6.45) is 2.06. The van der Waals surface area contributed by atoms with E-state index in [1.54, 1.807) is 36.2 Å². The zero-order valence-electron chi connectivity index (χ0n) is 12.1. The van der Waals surface area contributed by atoms with Gasteiger partial charge in [-0.2, -0.15) is 0 Å². The summed E-state index contributed by atoms with van der Waals surface area (Å²) in [5.74, 6) is 1.23. The van der Waals surface area contributed by atoms with E-state index in [0.29, 0.717) is 23.4 Å². The van der Waals surface area contributed by atoms with Crippen molar-refractivity contribution in [1.29, 1.82) is 0 Å². The van der Waals surface area contributed by atoms with Crippen LogP contribution in [0.2, 0.25) is 0 Å². The van der Waals surface area contributed by atoms with E-state index in [0.717, 1.165) is 10.6 Å². The van der Waals surface area contributed by atoms with Crippen LogP contribution in [0.3, 0.4) is 0 Å². The number of hydrogen-bond acceptors (Lipinski definition) is 4. The van der Waals surface area contributed by atoms with Crippen LogP contribution in [0, 0.1) is 0 Å². The third-order valence-corrected chi connectivity index (χ3v) is 4.50. The number of hydrogen-bond donors (Lipinski definition) is 2. The molecule has 1 aromatic carbocycles. The zero-order valence-corrected chi connectivity index (χ0v) is 12.9. The Morgan fingerprint density at radius 1 is 1.41 bits per heavy atom. The number of benzene rings is 1. The Bertz CT molecular complexity index is 697. The van der Waals surface area contributed by atoms with Gasteiger partial charge >= 0.3 is 0 Å². The molecular weight excluding hydrogens is 300 g/mol. The first kappa shape index (κ1) is 14.7. The molecule has 0 spiro atoms. The monoisotopic (exact) mass is 316 g/mol. The Morgan fingerprint density at radius 2 is 2.27 bits per heavy atom. The fraction of sp³-hybridized carbons (Fsp3) is 0.250. The van der Waals surface area contributed by atoms with Crippen LogP contribution in [0.5, 0.6) is 0 Å². The van der Waals surface area contributed by atoms with Crippen molar-refractivity contribution in [2.45, 2.75) is 24.3 Å². The van der Waals surface area contributed by atoms with Crippen molar-refractivity contribution in [1.82, 2.24) is 5.32 Å². The molecule has 1 atom stereocenters. The average Bonchev–Trinajstić information content (AvgIpc) is 2.96. The van der Waals surface area contributed by atoms with Crippen molar-refractivity contribution in [3.05, 3.63) is 47.9 Å². The van der Waals surface area contributed by atoms with Crippen molar-refractivity contribution >= 4 is 29.3 Å². The van der Waals surface area contributed by atoms with Crippen molar-refractivity contribution in [2.75, 3.05) is 11.1 Å². The standard InChI is InChI=1S/C16H16N2O3S/c1-10(13-3-2-7-21-13)17-16(20)11-4-5-14-12(9-11)18-15(19)6-8-22-14/h2-5,7,9-10H,6,8H2,1H3,(H,17,20)(H,18,19)/t10-/m0/s1. The van der Waals surface area contributed by atoms with Crippen LogP contribution < -0.4 is 10.6 Å². The molecule has 114 valence electrons. The lowest BCUT2D eigenvalue weighted by Crippen LogP contribution is -2.26. The molecule has 0 fully saturated rings. The first-order chi connectivity index (χ1) is 10.6. The molecule has 0 aliphatic carbocycles. The fourth-order valence-electron chi connectivity index (χ4n) is 2.25. The van der Waals surface area contributed by atoms with Gasteiger partial charge < -0.3 is 15.1 Å². The maximum Gasteiger partial charge on any atom is 0.251 e. The van der Waals surface area contributed by atoms with E-state index in [1.165, 1.54) is 0 Å². The van der Waals surface area contributed by atoms with Gasteiger partial charge in [-0.1, -0.05) is 0 Å². The summed E-state index contributed by atoms with van der Waals surface area (Å²) >= 11 is 1.62. The van der Waals surface area contributed by atoms with E-state index in [1.807, 2.05) is 19.1 Å². The molecule has 0 saturated heterocycles. The van der Waals surface area contributed by atoms with Gasteiger partial charge in [0, 0.05) is 22.6 Å². The molecule has 0 radical (unpaired) electrons. The van der Waals surface area contributed by atoms with Gasteiger partial charge in [0.1, 0.15) is 5.76 Å². The Hall–Kier alpha value is -2.21. The first-order valence-corrected chi connectivity index (χ1v) is 8.03. The molecule has 2 amide bonds. The smallest absolute Gasteiger partial charge is 0.251 e. The minimum absolute atomic E-state index is 0.0206. The minimum atomic E-state index is -0.217. The molecule has 1 aromatic heterocycles. The predicted molar refractivity (Wildman–Crippen MR) is 85.0 cm³/mol. The number of amides is 2. The van der Waals surface area contributed by atoms with E-state index >= 15 is 0 Å². The van der Waals surface area contributed by atoms with Crippen LogP contribution in [0.15, 0.2) is 45.9 Å². The number of carbonyl (C=O) groups excluding carboxylic acids is 2. The zero-order chi connectivity index (χ0) is 15.5. The molecule has 3 rings (SSSR count).